The van der Waals surface area contributed by atoms with Crippen LogP contribution in [0, 0.1) is 17.7 Å². The van der Waals surface area contributed by atoms with Crippen LogP contribution in [0.1, 0.15) is 33.3 Å². The molecule has 0 aliphatic heterocycles. The molecule has 0 spiro atoms. The van der Waals surface area contributed by atoms with Crippen LogP contribution >= 0.6 is 15.9 Å². The van der Waals surface area contributed by atoms with E-state index in [4.69, 9.17) is 0 Å². The zero-order chi connectivity index (χ0) is 13.7. The third-order valence-electron chi connectivity index (χ3n) is 3.61. The summed E-state index contributed by atoms with van der Waals surface area (Å²) in [5.74, 6) is 0.990. The average molecular weight is 316 g/mol. The lowest BCUT2D eigenvalue weighted by atomic mass is 9.86. The molecule has 2 atom stereocenters. The summed E-state index contributed by atoms with van der Waals surface area (Å²) in [6.45, 7) is 9.67. The molecule has 0 saturated heterocycles. The zero-order valence-corrected chi connectivity index (χ0v) is 13.2. The maximum Gasteiger partial charge on any atom is 0.127 e. The summed E-state index contributed by atoms with van der Waals surface area (Å²) in [7, 11) is 0. The summed E-state index contributed by atoms with van der Waals surface area (Å²) in [6.07, 6.45) is 0.742. The summed E-state index contributed by atoms with van der Waals surface area (Å²) in [5.41, 5.74) is 0.789. The van der Waals surface area contributed by atoms with Gasteiger partial charge in [-0.05, 0) is 42.5 Å². The zero-order valence-electron chi connectivity index (χ0n) is 11.6. The molecule has 0 bridgehead atoms. The van der Waals surface area contributed by atoms with E-state index in [0.29, 0.717) is 17.9 Å². The highest BCUT2D eigenvalue weighted by Gasteiger charge is 2.20. The largest absolute Gasteiger partial charge is 0.314 e. The number of nitrogens with one attached hydrogen (secondary N) is 1. The molecule has 1 aromatic carbocycles. The fourth-order valence-corrected chi connectivity index (χ4v) is 2.43. The molecule has 0 aliphatic carbocycles. The van der Waals surface area contributed by atoms with Crippen LogP contribution in [0.25, 0.3) is 0 Å². The predicted octanol–water partition coefficient (Wildman–Crippen LogP) is 4.40. The van der Waals surface area contributed by atoms with Crippen LogP contribution in [-0.2, 0) is 6.42 Å². The first-order chi connectivity index (χ1) is 8.45. The second kappa shape index (κ2) is 7.25. The number of rotatable bonds is 6. The molecule has 1 aromatic rings. The highest BCUT2D eigenvalue weighted by Crippen LogP contribution is 2.21. The Kier molecular flexibility index (Phi) is 6.30. The molecule has 2 unspecified atom stereocenters. The van der Waals surface area contributed by atoms with Gasteiger partial charge in [0.25, 0.3) is 0 Å². The van der Waals surface area contributed by atoms with Crippen molar-refractivity contribution in [1.29, 1.82) is 0 Å². The van der Waals surface area contributed by atoms with Crippen LogP contribution in [0.15, 0.2) is 22.7 Å². The molecule has 1 rings (SSSR count). The van der Waals surface area contributed by atoms with Crippen LogP contribution in [0.4, 0.5) is 4.39 Å². The Bertz CT molecular complexity index is 379. The third-order valence-corrected chi connectivity index (χ3v) is 4.10. The summed E-state index contributed by atoms with van der Waals surface area (Å²) >= 11 is 3.29. The molecule has 0 saturated carbocycles. The van der Waals surface area contributed by atoms with Crippen molar-refractivity contribution in [1.82, 2.24) is 5.32 Å². The van der Waals surface area contributed by atoms with E-state index < -0.39 is 0 Å². The minimum absolute atomic E-state index is 0.122. The number of likely N-dealkylation sites (N-methyl/N-ethyl adjacent to an activating group) is 1. The van der Waals surface area contributed by atoms with Crippen molar-refractivity contribution in [3.63, 3.8) is 0 Å². The molecular weight excluding hydrogens is 293 g/mol. The molecule has 0 aliphatic rings. The quantitative estimate of drug-likeness (QED) is 0.820. The first-order valence-electron chi connectivity index (χ1n) is 6.63. The number of hydrogen-bond acceptors (Lipinski definition) is 1. The molecule has 0 heterocycles. The lowest BCUT2D eigenvalue weighted by Gasteiger charge is -2.28. The Morgan fingerprint density at radius 1 is 1.28 bits per heavy atom. The SMILES string of the molecule is CCNC(Cc1ccc(Br)cc1F)C(C)C(C)C. The van der Waals surface area contributed by atoms with Gasteiger partial charge < -0.3 is 5.32 Å². The Morgan fingerprint density at radius 2 is 1.94 bits per heavy atom. The smallest absolute Gasteiger partial charge is 0.127 e. The van der Waals surface area contributed by atoms with E-state index >= 15 is 0 Å². The first kappa shape index (κ1) is 15.6. The minimum Gasteiger partial charge on any atom is -0.314 e. The molecule has 102 valence electrons. The van der Waals surface area contributed by atoms with Gasteiger partial charge in [-0.3, -0.25) is 0 Å². The van der Waals surface area contributed by atoms with Gasteiger partial charge in [0.1, 0.15) is 5.82 Å². The highest BCUT2D eigenvalue weighted by molar-refractivity contribution is 9.10. The van der Waals surface area contributed by atoms with Crippen LogP contribution < -0.4 is 5.32 Å². The maximum absolute atomic E-state index is 13.9. The second-order valence-electron chi connectivity index (χ2n) is 5.21. The van der Waals surface area contributed by atoms with Gasteiger partial charge >= 0.3 is 0 Å². The normalized spacial score (nSPS) is 14.8. The Labute approximate surface area is 118 Å². The van der Waals surface area contributed by atoms with E-state index in [-0.39, 0.29) is 5.82 Å². The van der Waals surface area contributed by atoms with Crippen LogP contribution in [0.5, 0.6) is 0 Å². The van der Waals surface area contributed by atoms with Crippen molar-refractivity contribution in [3.05, 3.63) is 34.1 Å². The molecule has 1 nitrogen and oxygen atoms in total. The molecule has 0 radical (unpaired) electrons. The Balaban J connectivity index is 2.82. The van der Waals surface area contributed by atoms with Crippen LogP contribution in [0.2, 0.25) is 0 Å². The van der Waals surface area contributed by atoms with E-state index in [1.54, 1.807) is 6.07 Å². The van der Waals surface area contributed by atoms with E-state index in [1.165, 1.54) is 0 Å². The molecule has 0 fully saturated rings. The van der Waals surface area contributed by atoms with E-state index in [0.717, 1.165) is 23.0 Å². The summed E-state index contributed by atoms with van der Waals surface area (Å²) < 4.78 is 14.7. The van der Waals surface area contributed by atoms with Crippen molar-refractivity contribution in [2.45, 2.75) is 40.2 Å². The molecule has 0 amide bonds. The molecule has 18 heavy (non-hydrogen) atoms. The molecular formula is C15H23BrFN. The van der Waals surface area contributed by atoms with E-state index in [1.807, 2.05) is 12.1 Å². The van der Waals surface area contributed by atoms with Gasteiger partial charge in [-0.15, -0.1) is 0 Å². The van der Waals surface area contributed by atoms with Gasteiger partial charge in [-0.2, -0.15) is 0 Å². The Morgan fingerprint density at radius 3 is 2.44 bits per heavy atom. The number of halogens is 2. The Hall–Kier alpha value is -0.410. The number of benzene rings is 1. The van der Waals surface area contributed by atoms with Gasteiger partial charge in [0, 0.05) is 10.5 Å². The monoisotopic (exact) mass is 315 g/mol. The van der Waals surface area contributed by atoms with E-state index in [2.05, 4.69) is 48.9 Å². The van der Waals surface area contributed by atoms with E-state index in [9.17, 15) is 4.39 Å². The topological polar surface area (TPSA) is 12.0 Å². The van der Waals surface area contributed by atoms with Gasteiger partial charge in [-0.25, -0.2) is 4.39 Å². The average Bonchev–Trinajstić information content (AvgIpc) is 2.30. The van der Waals surface area contributed by atoms with Gasteiger partial charge in [0.15, 0.2) is 0 Å². The minimum atomic E-state index is -0.122. The lowest BCUT2D eigenvalue weighted by molar-refractivity contribution is 0.298. The van der Waals surface area contributed by atoms with Crippen molar-refractivity contribution in [2.75, 3.05) is 6.54 Å². The van der Waals surface area contributed by atoms with Gasteiger partial charge in [0.2, 0.25) is 0 Å². The first-order valence-corrected chi connectivity index (χ1v) is 7.42. The van der Waals surface area contributed by atoms with Gasteiger partial charge in [-0.1, -0.05) is 49.7 Å². The van der Waals surface area contributed by atoms with Crippen molar-refractivity contribution in [2.24, 2.45) is 11.8 Å². The fourth-order valence-electron chi connectivity index (χ4n) is 2.09. The lowest BCUT2D eigenvalue weighted by Crippen LogP contribution is -2.39. The number of hydrogen-bond donors (Lipinski definition) is 1. The summed E-state index contributed by atoms with van der Waals surface area (Å²) in [6, 6.07) is 5.64. The maximum atomic E-state index is 13.9. The van der Waals surface area contributed by atoms with Crippen molar-refractivity contribution < 1.29 is 4.39 Å². The summed E-state index contributed by atoms with van der Waals surface area (Å²) in [5, 5.41) is 3.48. The second-order valence-corrected chi connectivity index (χ2v) is 6.12. The van der Waals surface area contributed by atoms with Crippen molar-refractivity contribution >= 4 is 15.9 Å². The van der Waals surface area contributed by atoms with Crippen LogP contribution in [-0.4, -0.2) is 12.6 Å². The summed E-state index contributed by atoms with van der Waals surface area (Å²) in [4.78, 5) is 0. The molecule has 1 N–H and O–H groups in total. The van der Waals surface area contributed by atoms with Crippen molar-refractivity contribution in [3.8, 4) is 0 Å². The predicted molar refractivity (Wildman–Crippen MR) is 79.3 cm³/mol. The molecule has 3 heteroatoms. The fraction of sp³-hybridized carbons (Fsp3) is 0.600. The molecule has 0 aromatic heterocycles. The standard InChI is InChI=1S/C15H23BrFN/c1-5-18-15(11(4)10(2)3)8-12-6-7-13(16)9-14(12)17/h6-7,9-11,15,18H,5,8H2,1-4H3. The third kappa shape index (κ3) is 4.36. The van der Waals surface area contributed by atoms with Gasteiger partial charge in [0.05, 0.1) is 0 Å². The highest BCUT2D eigenvalue weighted by atomic mass is 79.9. The van der Waals surface area contributed by atoms with Crippen LogP contribution in [0.3, 0.4) is 0 Å².